The summed E-state index contributed by atoms with van der Waals surface area (Å²) < 4.78 is 2.15. The van der Waals surface area contributed by atoms with Crippen molar-refractivity contribution >= 4 is 11.8 Å². The average Bonchev–Trinajstić information content (AvgIpc) is 2.62. The Morgan fingerprint density at radius 1 is 1.53 bits per heavy atom. The van der Waals surface area contributed by atoms with E-state index in [0.29, 0.717) is 5.25 Å². The van der Waals surface area contributed by atoms with Crippen molar-refractivity contribution < 1.29 is 0 Å². The predicted octanol–water partition coefficient (Wildman–Crippen LogP) is 1.91. The Morgan fingerprint density at radius 2 is 2.27 bits per heavy atom. The van der Waals surface area contributed by atoms with E-state index >= 15 is 0 Å². The maximum absolute atomic E-state index is 6.06. The van der Waals surface area contributed by atoms with Crippen LogP contribution in [-0.2, 0) is 13.0 Å². The van der Waals surface area contributed by atoms with Gasteiger partial charge in [-0.05, 0) is 12.2 Å². The standard InChI is InChI=1S/C11H21N3S/c1-4-14-6-5-13-11(14)7-10(12)8-15-9(2)3/h5-6,9-10H,4,7-8,12H2,1-3H3. The second-order valence-corrected chi connectivity index (χ2v) is 5.59. The first-order valence-corrected chi connectivity index (χ1v) is 6.55. The first-order chi connectivity index (χ1) is 7.13. The molecule has 86 valence electrons. The second kappa shape index (κ2) is 6.18. The van der Waals surface area contributed by atoms with Crippen LogP contribution >= 0.6 is 11.8 Å². The summed E-state index contributed by atoms with van der Waals surface area (Å²) in [5.41, 5.74) is 6.06. The highest BCUT2D eigenvalue weighted by molar-refractivity contribution is 7.99. The Balaban J connectivity index is 2.40. The second-order valence-electron chi connectivity index (χ2n) is 3.98. The van der Waals surface area contributed by atoms with Gasteiger partial charge in [-0.3, -0.25) is 0 Å². The Kier molecular flexibility index (Phi) is 5.19. The number of thioether (sulfide) groups is 1. The van der Waals surface area contributed by atoms with E-state index in [1.54, 1.807) is 0 Å². The molecule has 0 aliphatic rings. The summed E-state index contributed by atoms with van der Waals surface area (Å²) in [5.74, 6) is 2.11. The highest BCUT2D eigenvalue weighted by Crippen LogP contribution is 2.11. The monoisotopic (exact) mass is 227 g/mol. The maximum Gasteiger partial charge on any atom is 0.110 e. The SMILES string of the molecule is CCn1ccnc1CC(N)CSC(C)C. The fourth-order valence-electron chi connectivity index (χ4n) is 1.43. The van der Waals surface area contributed by atoms with Gasteiger partial charge in [0.25, 0.3) is 0 Å². The third kappa shape index (κ3) is 4.26. The van der Waals surface area contributed by atoms with Crippen LogP contribution in [0.25, 0.3) is 0 Å². The number of nitrogens with two attached hydrogens (primary N) is 1. The van der Waals surface area contributed by atoms with Crippen molar-refractivity contribution in [1.82, 2.24) is 9.55 Å². The Labute approximate surface area is 96.5 Å². The van der Waals surface area contributed by atoms with Crippen LogP contribution in [0.1, 0.15) is 26.6 Å². The molecule has 4 heteroatoms. The summed E-state index contributed by atoms with van der Waals surface area (Å²) in [5, 5.41) is 0.655. The molecule has 2 N–H and O–H groups in total. The van der Waals surface area contributed by atoms with Crippen LogP contribution in [-0.4, -0.2) is 26.6 Å². The molecule has 0 fully saturated rings. The molecule has 0 amide bonds. The molecule has 0 saturated carbocycles. The molecule has 1 atom stereocenters. The summed E-state index contributed by atoms with van der Waals surface area (Å²) >= 11 is 1.91. The number of hydrogen-bond donors (Lipinski definition) is 1. The molecule has 0 aliphatic carbocycles. The lowest BCUT2D eigenvalue weighted by Crippen LogP contribution is -2.27. The van der Waals surface area contributed by atoms with E-state index < -0.39 is 0 Å². The zero-order chi connectivity index (χ0) is 11.3. The minimum absolute atomic E-state index is 0.213. The van der Waals surface area contributed by atoms with Gasteiger partial charge < -0.3 is 10.3 Å². The Morgan fingerprint density at radius 3 is 2.87 bits per heavy atom. The number of imidazole rings is 1. The zero-order valence-electron chi connectivity index (χ0n) is 9.81. The van der Waals surface area contributed by atoms with E-state index in [1.165, 1.54) is 0 Å². The van der Waals surface area contributed by atoms with E-state index in [9.17, 15) is 0 Å². The van der Waals surface area contributed by atoms with Crippen LogP contribution in [0.2, 0.25) is 0 Å². The predicted molar refractivity (Wildman–Crippen MR) is 67.2 cm³/mol. The summed E-state index contributed by atoms with van der Waals surface area (Å²) in [6.45, 7) is 7.49. The third-order valence-electron chi connectivity index (χ3n) is 2.23. The van der Waals surface area contributed by atoms with Gasteiger partial charge >= 0.3 is 0 Å². The van der Waals surface area contributed by atoms with Gasteiger partial charge in [0.15, 0.2) is 0 Å². The Bertz CT molecular complexity index is 283. The fraction of sp³-hybridized carbons (Fsp3) is 0.727. The molecule has 3 nitrogen and oxygen atoms in total. The van der Waals surface area contributed by atoms with E-state index in [2.05, 4.69) is 30.3 Å². The van der Waals surface area contributed by atoms with Gasteiger partial charge in [0.1, 0.15) is 5.82 Å². The molecular weight excluding hydrogens is 206 g/mol. The first-order valence-electron chi connectivity index (χ1n) is 5.50. The van der Waals surface area contributed by atoms with Crippen LogP contribution in [0, 0.1) is 0 Å². The third-order valence-corrected chi connectivity index (χ3v) is 3.52. The van der Waals surface area contributed by atoms with Gasteiger partial charge in [-0.15, -0.1) is 0 Å². The van der Waals surface area contributed by atoms with E-state index in [-0.39, 0.29) is 6.04 Å². The van der Waals surface area contributed by atoms with Crippen molar-refractivity contribution in [3.8, 4) is 0 Å². The molecular formula is C11H21N3S. The summed E-state index contributed by atoms with van der Waals surface area (Å²) in [6.07, 6.45) is 4.74. The van der Waals surface area contributed by atoms with Crippen LogP contribution < -0.4 is 5.73 Å². The molecule has 1 heterocycles. The lowest BCUT2D eigenvalue weighted by molar-refractivity contribution is 0.641. The highest BCUT2D eigenvalue weighted by atomic mass is 32.2. The molecule has 0 radical (unpaired) electrons. The normalized spacial score (nSPS) is 13.4. The molecule has 0 aromatic carbocycles. The smallest absolute Gasteiger partial charge is 0.110 e. The number of rotatable bonds is 6. The van der Waals surface area contributed by atoms with E-state index in [0.717, 1.165) is 24.5 Å². The minimum Gasteiger partial charge on any atom is -0.335 e. The molecule has 0 aliphatic heterocycles. The van der Waals surface area contributed by atoms with E-state index in [4.69, 9.17) is 5.73 Å². The number of hydrogen-bond acceptors (Lipinski definition) is 3. The average molecular weight is 227 g/mol. The molecule has 1 aromatic rings. The van der Waals surface area contributed by atoms with Gasteiger partial charge in [-0.2, -0.15) is 11.8 Å². The van der Waals surface area contributed by atoms with Crippen molar-refractivity contribution in [2.75, 3.05) is 5.75 Å². The summed E-state index contributed by atoms with van der Waals surface area (Å²) in [6, 6.07) is 0.213. The highest BCUT2D eigenvalue weighted by Gasteiger charge is 2.09. The first kappa shape index (κ1) is 12.6. The van der Waals surface area contributed by atoms with Crippen LogP contribution in [0.15, 0.2) is 12.4 Å². The van der Waals surface area contributed by atoms with Gasteiger partial charge in [-0.25, -0.2) is 4.98 Å². The van der Waals surface area contributed by atoms with Crippen LogP contribution in [0.4, 0.5) is 0 Å². The molecule has 0 bridgehead atoms. The van der Waals surface area contributed by atoms with Gasteiger partial charge in [0, 0.05) is 37.2 Å². The molecule has 1 aromatic heterocycles. The molecule has 0 saturated heterocycles. The topological polar surface area (TPSA) is 43.8 Å². The molecule has 0 spiro atoms. The molecule has 15 heavy (non-hydrogen) atoms. The molecule has 1 rings (SSSR count). The van der Waals surface area contributed by atoms with Gasteiger partial charge in [0.05, 0.1) is 0 Å². The van der Waals surface area contributed by atoms with Crippen molar-refractivity contribution in [1.29, 1.82) is 0 Å². The van der Waals surface area contributed by atoms with Crippen molar-refractivity contribution in [3.63, 3.8) is 0 Å². The lowest BCUT2D eigenvalue weighted by Gasteiger charge is -2.13. The van der Waals surface area contributed by atoms with Crippen molar-refractivity contribution in [3.05, 3.63) is 18.2 Å². The maximum atomic E-state index is 6.06. The largest absolute Gasteiger partial charge is 0.335 e. The number of aromatic nitrogens is 2. The fourth-order valence-corrected chi connectivity index (χ4v) is 2.18. The van der Waals surface area contributed by atoms with Gasteiger partial charge in [0.2, 0.25) is 0 Å². The zero-order valence-corrected chi connectivity index (χ0v) is 10.6. The molecule has 1 unspecified atom stereocenters. The van der Waals surface area contributed by atoms with Crippen LogP contribution in [0.5, 0.6) is 0 Å². The van der Waals surface area contributed by atoms with Crippen molar-refractivity contribution in [2.45, 2.75) is 45.0 Å². The van der Waals surface area contributed by atoms with Crippen LogP contribution in [0.3, 0.4) is 0 Å². The minimum atomic E-state index is 0.213. The summed E-state index contributed by atoms with van der Waals surface area (Å²) in [4.78, 5) is 4.33. The van der Waals surface area contributed by atoms with E-state index in [1.807, 2.05) is 24.2 Å². The summed E-state index contributed by atoms with van der Waals surface area (Å²) in [7, 11) is 0. The van der Waals surface area contributed by atoms with Crippen molar-refractivity contribution in [2.24, 2.45) is 5.73 Å². The number of aryl methyl sites for hydroxylation is 1. The van der Waals surface area contributed by atoms with Gasteiger partial charge in [-0.1, -0.05) is 13.8 Å². The quantitative estimate of drug-likeness (QED) is 0.807. The Hall–Kier alpha value is -0.480. The number of nitrogens with zero attached hydrogens (tertiary/aromatic N) is 2. The lowest BCUT2D eigenvalue weighted by atomic mass is 10.2.